The maximum absolute atomic E-state index is 5.64. The number of benzene rings is 1. The third-order valence-corrected chi connectivity index (χ3v) is 3.10. The van der Waals surface area contributed by atoms with Gasteiger partial charge in [0.1, 0.15) is 0 Å². The van der Waals surface area contributed by atoms with Crippen LogP contribution in [-0.2, 0) is 6.54 Å². The Kier molecular flexibility index (Phi) is 6.37. The first kappa shape index (κ1) is 14.3. The van der Waals surface area contributed by atoms with Crippen LogP contribution in [-0.4, -0.2) is 20.3 Å². The zero-order chi connectivity index (χ0) is 12.7. The molecule has 0 fully saturated rings. The molecule has 17 heavy (non-hydrogen) atoms. The normalized spacial score (nSPS) is 10.4. The Bertz CT molecular complexity index is 356. The van der Waals surface area contributed by atoms with Crippen molar-refractivity contribution in [3.05, 3.63) is 22.2 Å². The molecule has 1 N–H and O–H groups in total. The standard InChI is InChI=1S/C13H20BrNO2/c1-4-6-17-13-8-11(14)10(9-15-5-2)7-12(13)16-3/h7-8,15H,4-6,9H2,1-3H3. The van der Waals surface area contributed by atoms with Gasteiger partial charge in [-0.05, 0) is 30.7 Å². The molecule has 1 aromatic rings. The summed E-state index contributed by atoms with van der Waals surface area (Å²) in [6, 6.07) is 3.99. The summed E-state index contributed by atoms with van der Waals surface area (Å²) in [5.74, 6) is 1.58. The van der Waals surface area contributed by atoms with Crippen molar-refractivity contribution in [3.63, 3.8) is 0 Å². The molecular weight excluding hydrogens is 282 g/mol. The zero-order valence-corrected chi connectivity index (χ0v) is 12.3. The lowest BCUT2D eigenvalue weighted by Gasteiger charge is -2.13. The van der Waals surface area contributed by atoms with Crippen molar-refractivity contribution in [2.24, 2.45) is 0 Å². The number of ether oxygens (including phenoxy) is 2. The monoisotopic (exact) mass is 301 g/mol. The fourth-order valence-corrected chi connectivity index (χ4v) is 1.92. The van der Waals surface area contributed by atoms with E-state index in [9.17, 15) is 0 Å². The first-order valence-electron chi connectivity index (χ1n) is 5.92. The van der Waals surface area contributed by atoms with Gasteiger partial charge in [0.05, 0.1) is 13.7 Å². The predicted octanol–water partition coefficient (Wildman–Crippen LogP) is 3.36. The lowest BCUT2D eigenvalue weighted by Crippen LogP contribution is -2.12. The zero-order valence-electron chi connectivity index (χ0n) is 10.7. The number of hydrogen-bond acceptors (Lipinski definition) is 3. The van der Waals surface area contributed by atoms with Gasteiger partial charge in [0.15, 0.2) is 11.5 Å². The highest BCUT2D eigenvalue weighted by Gasteiger charge is 2.09. The van der Waals surface area contributed by atoms with Gasteiger partial charge in [-0.1, -0.05) is 29.8 Å². The molecule has 0 aliphatic carbocycles. The number of hydrogen-bond donors (Lipinski definition) is 1. The van der Waals surface area contributed by atoms with E-state index in [4.69, 9.17) is 9.47 Å². The van der Waals surface area contributed by atoms with Crippen LogP contribution in [0.4, 0.5) is 0 Å². The first-order chi connectivity index (χ1) is 8.22. The second-order valence-corrected chi connectivity index (χ2v) is 4.58. The Labute approximate surface area is 112 Å². The fraction of sp³-hybridized carbons (Fsp3) is 0.538. The van der Waals surface area contributed by atoms with Gasteiger partial charge in [-0.2, -0.15) is 0 Å². The second-order valence-electron chi connectivity index (χ2n) is 3.72. The molecule has 0 saturated carbocycles. The Morgan fingerprint density at radius 2 is 2.00 bits per heavy atom. The topological polar surface area (TPSA) is 30.5 Å². The largest absolute Gasteiger partial charge is 0.493 e. The maximum atomic E-state index is 5.64. The molecule has 3 nitrogen and oxygen atoms in total. The van der Waals surface area contributed by atoms with E-state index in [0.717, 1.165) is 35.5 Å². The Balaban J connectivity index is 2.89. The summed E-state index contributed by atoms with van der Waals surface area (Å²) >= 11 is 3.56. The molecule has 0 unspecified atom stereocenters. The molecule has 1 aromatic carbocycles. The van der Waals surface area contributed by atoms with Crippen LogP contribution in [0.1, 0.15) is 25.8 Å². The van der Waals surface area contributed by atoms with E-state index in [1.54, 1.807) is 7.11 Å². The average molecular weight is 302 g/mol. The molecule has 0 aliphatic rings. The van der Waals surface area contributed by atoms with Crippen LogP contribution in [0.3, 0.4) is 0 Å². The smallest absolute Gasteiger partial charge is 0.162 e. The minimum Gasteiger partial charge on any atom is -0.493 e. The lowest BCUT2D eigenvalue weighted by molar-refractivity contribution is 0.294. The Hall–Kier alpha value is -0.740. The van der Waals surface area contributed by atoms with E-state index in [2.05, 4.69) is 35.1 Å². The molecule has 0 saturated heterocycles. The van der Waals surface area contributed by atoms with Crippen LogP contribution in [0.5, 0.6) is 11.5 Å². The highest BCUT2D eigenvalue weighted by molar-refractivity contribution is 9.10. The van der Waals surface area contributed by atoms with Crippen LogP contribution in [0.25, 0.3) is 0 Å². The molecule has 0 heterocycles. The molecule has 0 aliphatic heterocycles. The SMILES string of the molecule is CCCOc1cc(Br)c(CNCC)cc1OC. The fourth-order valence-electron chi connectivity index (χ4n) is 1.46. The summed E-state index contributed by atoms with van der Waals surface area (Å²) < 4.78 is 12.0. The highest BCUT2D eigenvalue weighted by atomic mass is 79.9. The maximum Gasteiger partial charge on any atom is 0.162 e. The van der Waals surface area contributed by atoms with E-state index in [0.29, 0.717) is 6.61 Å². The van der Waals surface area contributed by atoms with Gasteiger partial charge in [0.25, 0.3) is 0 Å². The van der Waals surface area contributed by atoms with Crippen molar-refractivity contribution in [1.82, 2.24) is 5.32 Å². The van der Waals surface area contributed by atoms with Crippen LogP contribution in [0.2, 0.25) is 0 Å². The Morgan fingerprint density at radius 1 is 1.24 bits per heavy atom. The predicted molar refractivity (Wildman–Crippen MR) is 73.9 cm³/mol. The minimum atomic E-state index is 0.704. The molecule has 0 amide bonds. The summed E-state index contributed by atoms with van der Waals surface area (Å²) in [5.41, 5.74) is 1.17. The van der Waals surface area contributed by atoms with E-state index >= 15 is 0 Å². The molecule has 0 bridgehead atoms. The van der Waals surface area contributed by atoms with E-state index in [1.807, 2.05) is 12.1 Å². The molecule has 1 rings (SSSR count). The molecule has 0 atom stereocenters. The lowest BCUT2D eigenvalue weighted by atomic mass is 10.2. The van der Waals surface area contributed by atoms with E-state index in [-0.39, 0.29) is 0 Å². The van der Waals surface area contributed by atoms with Crippen LogP contribution < -0.4 is 14.8 Å². The summed E-state index contributed by atoms with van der Waals surface area (Å²) in [6.07, 6.45) is 0.986. The van der Waals surface area contributed by atoms with Crippen molar-refractivity contribution in [2.75, 3.05) is 20.3 Å². The van der Waals surface area contributed by atoms with Gasteiger partial charge in [-0.15, -0.1) is 0 Å². The van der Waals surface area contributed by atoms with Crippen LogP contribution in [0.15, 0.2) is 16.6 Å². The van der Waals surface area contributed by atoms with Gasteiger partial charge in [-0.3, -0.25) is 0 Å². The van der Waals surface area contributed by atoms with Crippen molar-refractivity contribution in [1.29, 1.82) is 0 Å². The van der Waals surface area contributed by atoms with E-state index in [1.165, 1.54) is 5.56 Å². The summed E-state index contributed by atoms with van der Waals surface area (Å²) in [4.78, 5) is 0. The third kappa shape index (κ3) is 4.21. The van der Waals surface area contributed by atoms with Crippen LogP contribution >= 0.6 is 15.9 Å². The molecule has 0 radical (unpaired) electrons. The summed E-state index contributed by atoms with van der Waals surface area (Å²) in [5, 5.41) is 3.29. The molecule has 0 aromatic heterocycles. The van der Waals surface area contributed by atoms with Crippen molar-refractivity contribution in [3.8, 4) is 11.5 Å². The summed E-state index contributed by atoms with van der Waals surface area (Å²) in [7, 11) is 1.67. The molecular formula is C13H20BrNO2. The average Bonchev–Trinajstić information content (AvgIpc) is 2.35. The highest BCUT2D eigenvalue weighted by Crippen LogP contribution is 2.33. The third-order valence-electron chi connectivity index (χ3n) is 2.36. The van der Waals surface area contributed by atoms with E-state index < -0.39 is 0 Å². The van der Waals surface area contributed by atoms with Crippen molar-refractivity contribution < 1.29 is 9.47 Å². The van der Waals surface area contributed by atoms with Gasteiger partial charge in [-0.25, -0.2) is 0 Å². The number of nitrogens with one attached hydrogen (secondary N) is 1. The summed E-state index contributed by atoms with van der Waals surface area (Å²) in [6.45, 7) is 6.64. The Morgan fingerprint density at radius 3 is 2.59 bits per heavy atom. The van der Waals surface area contributed by atoms with Crippen molar-refractivity contribution in [2.45, 2.75) is 26.8 Å². The molecule has 4 heteroatoms. The van der Waals surface area contributed by atoms with Gasteiger partial charge >= 0.3 is 0 Å². The van der Waals surface area contributed by atoms with Gasteiger partial charge in [0, 0.05) is 11.0 Å². The number of rotatable bonds is 7. The first-order valence-corrected chi connectivity index (χ1v) is 6.72. The van der Waals surface area contributed by atoms with Crippen LogP contribution in [0, 0.1) is 0 Å². The minimum absolute atomic E-state index is 0.704. The second kappa shape index (κ2) is 7.56. The number of halogens is 1. The van der Waals surface area contributed by atoms with Gasteiger partial charge in [0.2, 0.25) is 0 Å². The molecule has 96 valence electrons. The van der Waals surface area contributed by atoms with Crippen molar-refractivity contribution >= 4 is 15.9 Å². The molecule has 0 spiro atoms. The quantitative estimate of drug-likeness (QED) is 0.838. The van der Waals surface area contributed by atoms with Gasteiger partial charge < -0.3 is 14.8 Å². The number of methoxy groups -OCH3 is 1.